The smallest absolute Gasteiger partial charge is 0.312 e. The van der Waals surface area contributed by atoms with Crippen LogP contribution in [-0.2, 0) is 19.1 Å². The van der Waals surface area contributed by atoms with E-state index in [4.69, 9.17) is 20.7 Å². The van der Waals surface area contributed by atoms with Crippen molar-refractivity contribution in [2.24, 2.45) is 5.73 Å². The highest BCUT2D eigenvalue weighted by Crippen LogP contribution is 2.18. The predicted octanol–water partition coefficient (Wildman–Crippen LogP) is -0.731. The molecule has 0 bridgehead atoms. The molecule has 1 rings (SSSR count). The number of hydrogen-bond donors (Lipinski definition) is 3. The number of ether oxygens (including phenoxy) is 1. The van der Waals surface area contributed by atoms with Crippen LogP contribution in [0.1, 0.15) is 18.0 Å². The quantitative estimate of drug-likeness (QED) is 0.259. The van der Waals surface area contributed by atoms with E-state index in [0.717, 1.165) is 7.11 Å². The van der Waals surface area contributed by atoms with Crippen LogP contribution in [-0.4, -0.2) is 43.8 Å². The highest BCUT2D eigenvalue weighted by Gasteiger charge is 2.15. The van der Waals surface area contributed by atoms with E-state index in [0.29, 0.717) is 5.56 Å². The topological polar surface area (TPSA) is 136 Å². The van der Waals surface area contributed by atoms with Gasteiger partial charge in [0.25, 0.3) is 10.1 Å². The number of aliphatic hydroxyl groups excluding tert-OH is 1. The van der Waals surface area contributed by atoms with Crippen LogP contribution < -0.4 is 10.5 Å². The van der Waals surface area contributed by atoms with E-state index in [-0.39, 0.29) is 12.2 Å². The Bertz CT molecular complexity index is 568. The maximum Gasteiger partial charge on any atom is 0.312 e. The van der Waals surface area contributed by atoms with Gasteiger partial charge in [-0.1, -0.05) is 12.1 Å². The zero-order valence-corrected chi connectivity index (χ0v) is 12.1. The van der Waals surface area contributed by atoms with Crippen molar-refractivity contribution in [3.63, 3.8) is 0 Å². The van der Waals surface area contributed by atoms with Gasteiger partial charge >= 0.3 is 5.97 Å². The Kier molecular flexibility index (Phi) is 6.24. The van der Waals surface area contributed by atoms with Gasteiger partial charge in [-0.3, -0.25) is 8.98 Å². The van der Waals surface area contributed by atoms with Crippen molar-refractivity contribution in [2.45, 2.75) is 18.8 Å². The Balaban J connectivity index is 2.58. The highest BCUT2D eigenvalue weighted by molar-refractivity contribution is 7.86. The molecule has 0 heterocycles. The first kappa shape index (κ1) is 17.5. The molecule has 0 spiro atoms. The third-order valence-electron chi connectivity index (χ3n) is 2.63. The normalized spacial score (nSPS) is 13.2. The molecule has 1 unspecified atom stereocenters. The summed E-state index contributed by atoms with van der Waals surface area (Å²) in [5, 5.41) is 17.9. The van der Waals surface area contributed by atoms with Gasteiger partial charge in [-0.05, 0) is 17.7 Å². The van der Waals surface area contributed by atoms with E-state index in [2.05, 4.69) is 4.18 Å². The number of aliphatic hydroxyl groups is 2. The molecule has 0 fully saturated rings. The van der Waals surface area contributed by atoms with Crippen molar-refractivity contribution in [2.75, 3.05) is 12.9 Å². The van der Waals surface area contributed by atoms with E-state index < -0.39 is 34.2 Å². The molecule has 0 radical (unpaired) electrons. The maximum atomic E-state index is 11.5. The number of esters is 1. The molecule has 0 amide bonds. The Labute approximate surface area is 122 Å². The molecule has 0 aliphatic rings. The number of rotatable bonds is 7. The number of nitrogens with two attached hydrogens (primary N) is 1. The SMILES string of the molecule is COS(=O)(=O)CCC(=O)Oc1ccc(C(N)C(O)O)cc1. The van der Waals surface area contributed by atoms with E-state index in [9.17, 15) is 13.2 Å². The summed E-state index contributed by atoms with van der Waals surface area (Å²) < 4.78 is 31.2. The molecule has 118 valence electrons. The maximum absolute atomic E-state index is 11.5. The first-order valence-electron chi connectivity index (χ1n) is 5.96. The average Bonchev–Trinajstić information content (AvgIpc) is 2.45. The van der Waals surface area contributed by atoms with Gasteiger partial charge in [-0.15, -0.1) is 0 Å². The summed E-state index contributed by atoms with van der Waals surface area (Å²) in [7, 11) is -2.70. The Morgan fingerprint density at radius 1 is 1.29 bits per heavy atom. The van der Waals surface area contributed by atoms with Crippen molar-refractivity contribution in [3.05, 3.63) is 29.8 Å². The molecule has 9 heteroatoms. The lowest BCUT2D eigenvalue weighted by Crippen LogP contribution is -2.25. The lowest BCUT2D eigenvalue weighted by Gasteiger charge is -2.14. The molecule has 1 aromatic rings. The van der Waals surface area contributed by atoms with Crippen LogP contribution in [0.15, 0.2) is 24.3 Å². The average molecular weight is 319 g/mol. The molecule has 0 aromatic heterocycles. The zero-order valence-electron chi connectivity index (χ0n) is 11.3. The van der Waals surface area contributed by atoms with Crippen LogP contribution in [0.2, 0.25) is 0 Å². The van der Waals surface area contributed by atoms with Gasteiger partial charge in [-0.25, -0.2) is 0 Å². The fourth-order valence-electron chi connectivity index (χ4n) is 1.40. The molecular formula is C12H17NO7S. The monoisotopic (exact) mass is 319 g/mol. The minimum Gasteiger partial charge on any atom is -0.427 e. The summed E-state index contributed by atoms with van der Waals surface area (Å²) in [6.07, 6.45) is -2.04. The third-order valence-corrected chi connectivity index (χ3v) is 3.84. The fraction of sp³-hybridized carbons (Fsp3) is 0.417. The second kappa shape index (κ2) is 7.48. The predicted molar refractivity (Wildman–Crippen MR) is 72.6 cm³/mol. The van der Waals surface area contributed by atoms with Crippen LogP contribution in [0.3, 0.4) is 0 Å². The summed E-state index contributed by atoms with van der Waals surface area (Å²) in [6, 6.07) is 4.80. The second-order valence-electron chi connectivity index (χ2n) is 4.16. The second-order valence-corrected chi connectivity index (χ2v) is 6.02. The van der Waals surface area contributed by atoms with Gasteiger partial charge in [0.05, 0.1) is 25.3 Å². The van der Waals surface area contributed by atoms with Crippen molar-refractivity contribution in [1.82, 2.24) is 0 Å². The van der Waals surface area contributed by atoms with Crippen molar-refractivity contribution in [1.29, 1.82) is 0 Å². The molecule has 0 aliphatic carbocycles. The standard InChI is InChI=1S/C12H17NO7S/c1-19-21(17,18)7-6-10(14)20-9-4-2-8(3-5-9)11(13)12(15)16/h2-5,11-12,15-16H,6-7,13H2,1H3. The van der Waals surface area contributed by atoms with Crippen LogP contribution in [0, 0.1) is 0 Å². The minimum atomic E-state index is -3.71. The van der Waals surface area contributed by atoms with Gasteiger partial charge in [0.2, 0.25) is 0 Å². The van der Waals surface area contributed by atoms with Gasteiger partial charge in [0.1, 0.15) is 5.75 Å². The first-order valence-corrected chi connectivity index (χ1v) is 7.53. The largest absolute Gasteiger partial charge is 0.427 e. The van der Waals surface area contributed by atoms with Crippen molar-refractivity contribution >= 4 is 16.1 Å². The minimum absolute atomic E-state index is 0.193. The lowest BCUT2D eigenvalue weighted by molar-refractivity contribution is -0.133. The number of hydrogen-bond acceptors (Lipinski definition) is 8. The van der Waals surface area contributed by atoms with Crippen molar-refractivity contribution < 1.29 is 32.3 Å². The van der Waals surface area contributed by atoms with Gasteiger partial charge < -0.3 is 20.7 Å². The molecule has 0 aliphatic heterocycles. The number of benzene rings is 1. The van der Waals surface area contributed by atoms with E-state index in [1.165, 1.54) is 24.3 Å². The summed E-state index contributed by atoms with van der Waals surface area (Å²) in [5.41, 5.74) is 5.96. The van der Waals surface area contributed by atoms with Gasteiger partial charge in [0, 0.05) is 0 Å². The Morgan fingerprint density at radius 3 is 2.33 bits per heavy atom. The molecule has 1 atom stereocenters. The molecule has 4 N–H and O–H groups in total. The molecule has 8 nitrogen and oxygen atoms in total. The number of carbonyl (C=O) groups excluding carboxylic acids is 1. The Morgan fingerprint density at radius 2 is 1.86 bits per heavy atom. The van der Waals surface area contributed by atoms with E-state index in [1.807, 2.05) is 0 Å². The summed E-state index contributed by atoms with van der Waals surface area (Å²) in [4.78, 5) is 11.5. The molecule has 0 saturated carbocycles. The zero-order chi connectivity index (χ0) is 16.0. The third kappa shape index (κ3) is 5.78. The fourth-order valence-corrected chi connectivity index (χ4v) is 1.99. The summed E-state index contributed by atoms with van der Waals surface area (Å²) >= 11 is 0. The van der Waals surface area contributed by atoms with Crippen LogP contribution in [0.5, 0.6) is 5.75 Å². The highest BCUT2D eigenvalue weighted by atomic mass is 32.2. The number of carbonyl (C=O) groups is 1. The summed E-state index contributed by atoms with van der Waals surface area (Å²) in [6.45, 7) is 0. The van der Waals surface area contributed by atoms with E-state index in [1.54, 1.807) is 0 Å². The van der Waals surface area contributed by atoms with Crippen molar-refractivity contribution in [3.8, 4) is 5.75 Å². The van der Waals surface area contributed by atoms with Gasteiger partial charge in [0.15, 0.2) is 6.29 Å². The first-order chi connectivity index (χ1) is 9.75. The molecular weight excluding hydrogens is 302 g/mol. The molecule has 0 saturated heterocycles. The van der Waals surface area contributed by atoms with Crippen LogP contribution >= 0.6 is 0 Å². The van der Waals surface area contributed by atoms with Crippen LogP contribution in [0.25, 0.3) is 0 Å². The Hall–Kier alpha value is -1.52. The van der Waals surface area contributed by atoms with Crippen LogP contribution in [0.4, 0.5) is 0 Å². The molecule has 1 aromatic carbocycles. The van der Waals surface area contributed by atoms with Gasteiger partial charge in [-0.2, -0.15) is 8.42 Å². The molecule has 21 heavy (non-hydrogen) atoms. The summed E-state index contributed by atoms with van der Waals surface area (Å²) in [5.74, 6) is -1.00. The lowest BCUT2D eigenvalue weighted by atomic mass is 10.1. The van der Waals surface area contributed by atoms with E-state index >= 15 is 0 Å².